The minimum absolute atomic E-state index is 0.0891. The number of likely N-dealkylation sites (tertiary alicyclic amines) is 1. The number of hydrogen-bond donors (Lipinski definition) is 1. The van der Waals surface area contributed by atoms with Gasteiger partial charge in [-0.3, -0.25) is 4.79 Å². The number of anilines is 1. The molecule has 3 atom stereocenters. The fraction of sp³-hybridized carbons (Fsp3) is 0.556. The van der Waals surface area contributed by atoms with Crippen LogP contribution < -0.4 is 15.1 Å². The Kier molecular flexibility index (Phi) is 4.24. The molecule has 0 radical (unpaired) electrons. The van der Waals surface area contributed by atoms with E-state index in [-0.39, 0.29) is 11.9 Å². The van der Waals surface area contributed by atoms with Crippen LogP contribution in [0.3, 0.4) is 0 Å². The first-order valence-corrected chi connectivity index (χ1v) is 9.55. The first kappa shape index (κ1) is 16.8. The summed E-state index contributed by atoms with van der Waals surface area (Å²) >= 11 is 3.75. The van der Waals surface area contributed by atoms with Crippen LogP contribution in [-0.4, -0.2) is 49.4 Å². The molecular formula is C18H23BrN4O2. The van der Waals surface area contributed by atoms with Crippen LogP contribution in [0.2, 0.25) is 0 Å². The van der Waals surface area contributed by atoms with Gasteiger partial charge in [-0.1, -0.05) is 22.9 Å². The maximum atomic E-state index is 12.1. The number of amidine groups is 1. The fourth-order valence-corrected chi connectivity index (χ4v) is 4.78. The van der Waals surface area contributed by atoms with Gasteiger partial charge in [0.25, 0.3) is 5.91 Å². The van der Waals surface area contributed by atoms with Gasteiger partial charge in [0.05, 0.1) is 5.69 Å². The van der Waals surface area contributed by atoms with E-state index in [9.17, 15) is 4.79 Å². The molecule has 0 aromatic heterocycles. The fourth-order valence-electron chi connectivity index (χ4n) is 4.16. The zero-order valence-corrected chi connectivity index (χ0v) is 16.3. The van der Waals surface area contributed by atoms with E-state index in [4.69, 9.17) is 4.74 Å². The number of nitrogens with one attached hydrogen (secondary N) is 1. The summed E-state index contributed by atoms with van der Waals surface area (Å²) in [4.78, 5) is 16.5. The summed E-state index contributed by atoms with van der Waals surface area (Å²) in [7, 11) is 2.18. The molecule has 25 heavy (non-hydrogen) atoms. The average Bonchev–Trinajstić information content (AvgIpc) is 2.58. The van der Waals surface area contributed by atoms with Crippen molar-refractivity contribution in [1.82, 2.24) is 10.3 Å². The molecule has 3 aliphatic heterocycles. The molecule has 4 rings (SSSR count). The number of rotatable bonds is 1. The van der Waals surface area contributed by atoms with Crippen molar-refractivity contribution in [2.24, 2.45) is 11.0 Å². The molecule has 3 aliphatic rings. The predicted molar refractivity (Wildman–Crippen MR) is 101 cm³/mol. The molecule has 1 N–H and O–H groups in total. The zero-order chi connectivity index (χ0) is 17.7. The first-order valence-electron chi connectivity index (χ1n) is 8.76. The molecule has 1 fully saturated rings. The molecule has 1 unspecified atom stereocenters. The second-order valence-corrected chi connectivity index (χ2v) is 8.17. The lowest BCUT2D eigenvalue weighted by Crippen LogP contribution is -2.55. The van der Waals surface area contributed by atoms with Gasteiger partial charge in [-0.05, 0) is 56.5 Å². The van der Waals surface area contributed by atoms with E-state index in [1.165, 1.54) is 5.56 Å². The maximum absolute atomic E-state index is 12.1. The highest BCUT2D eigenvalue weighted by molar-refractivity contribution is 9.10. The third-order valence-electron chi connectivity index (χ3n) is 5.54. The Morgan fingerprint density at radius 3 is 2.92 bits per heavy atom. The van der Waals surface area contributed by atoms with Gasteiger partial charge in [-0.2, -0.15) is 5.10 Å². The van der Waals surface area contributed by atoms with Crippen molar-refractivity contribution in [2.45, 2.75) is 32.2 Å². The number of piperidine rings is 1. The monoisotopic (exact) mass is 406 g/mol. The summed E-state index contributed by atoms with van der Waals surface area (Å²) in [6.45, 7) is 6.78. The van der Waals surface area contributed by atoms with Crippen LogP contribution in [-0.2, 0) is 4.79 Å². The summed E-state index contributed by atoms with van der Waals surface area (Å²) in [5.41, 5.74) is 4.81. The molecule has 7 heteroatoms. The second-order valence-electron chi connectivity index (χ2n) is 7.31. The highest BCUT2D eigenvalue weighted by atomic mass is 79.9. The average molecular weight is 407 g/mol. The van der Waals surface area contributed by atoms with Crippen LogP contribution in [0.25, 0.3) is 0 Å². The van der Waals surface area contributed by atoms with Crippen molar-refractivity contribution in [3.05, 3.63) is 22.2 Å². The lowest BCUT2D eigenvalue weighted by molar-refractivity contribution is -0.122. The van der Waals surface area contributed by atoms with Crippen LogP contribution in [0.15, 0.2) is 21.7 Å². The topological polar surface area (TPSA) is 57.2 Å². The van der Waals surface area contributed by atoms with E-state index in [2.05, 4.69) is 51.4 Å². The quantitative estimate of drug-likeness (QED) is 0.778. The van der Waals surface area contributed by atoms with E-state index in [0.717, 1.165) is 41.3 Å². The Bertz CT molecular complexity index is 751. The van der Waals surface area contributed by atoms with E-state index in [1.54, 1.807) is 0 Å². The number of carbonyl (C=O) groups is 1. The number of hydrogen-bond acceptors (Lipinski definition) is 5. The maximum Gasteiger partial charge on any atom is 0.262 e. The van der Waals surface area contributed by atoms with Gasteiger partial charge in [0.1, 0.15) is 18.4 Å². The smallest absolute Gasteiger partial charge is 0.262 e. The first-order chi connectivity index (χ1) is 12.0. The van der Waals surface area contributed by atoms with Gasteiger partial charge in [0.15, 0.2) is 5.84 Å². The highest BCUT2D eigenvalue weighted by Gasteiger charge is 2.36. The second kappa shape index (κ2) is 6.29. The molecule has 0 aliphatic carbocycles. The minimum Gasteiger partial charge on any atom is -0.483 e. The van der Waals surface area contributed by atoms with Gasteiger partial charge in [0, 0.05) is 11.0 Å². The molecule has 1 saturated heterocycles. The molecular weight excluding hydrogens is 384 g/mol. The third-order valence-corrected chi connectivity index (χ3v) is 6.23. The van der Waals surface area contributed by atoms with Crippen molar-refractivity contribution < 1.29 is 9.53 Å². The van der Waals surface area contributed by atoms with Crippen LogP contribution >= 0.6 is 15.9 Å². The molecule has 134 valence electrons. The molecule has 6 nitrogen and oxygen atoms in total. The lowest BCUT2D eigenvalue weighted by atomic mass is 9.81. The van der Waals surface area contributed by atoms with Gasteiger partial charge in [-0.25, -0.2) is 5.43 Å². The Hall–Kier alpha value is -1.60. The van der Waals surface area contributed by atoms with Crippen LogP contribution in [0.4, 0.5) is 5.69 Å². The summed E-state index contributed by atoms with van der Waals surface area (Å²) in [5.74, 6) is 2.54. The zero-order valence-electron chi connectivity index (χ0n) is 14.8. The normalized spacial score (nSPS) is 29.3. The number of carbonyl (C=O) groups excluding carboxylic acids is 1. The molecule has 0 spiro atoms. The summed E-state index contributed by atoms with van der Waals surface area (Å²) in [6.07, 6.45) is 1.13. The van der Waals surface area contributed by atoms with Gasteiger partial charge in [-0.15, -0.1) is 0 Å². The van der Waals surface area contributed by atoms with Crippen molar-refractivity contribution in [3.63, 3.8) is 0 Å². The van der Waals surface area contributed by atoms with Crippen molar-refractivity contribution >= 4 is 33.4 Å². The highest BCUT2D eigenvalue weighted by Crippen LogP contribution is 2.44. The Morgan fingerprint density at radius 1 is 1.36 bits per heavy atom. The van der Waals surface area contributed by atoms with Gasteiger partial charge < -0.3 is 14.5 Å². The standard InChI is InChI=1S/C18H23BrN4O2/c1-10-8-22(3)5-4-12(10)13-6-15-16(7-14(13)19)25-9-17-20-21-18(24)11(2)23(15)17/h6-7,10-12H,4-5,8-9H2,1-3H3,(H,21,24)/t10-,11?,12+/m0/s1. The largest absolute Gasteiger partial charge is 0.483 e. The van der Waals surface area contributed by atoms with E-state index >= 15 is 0 Å². The number of amides is 1. The number of nitrogens with zero attached hydrogens (tertiary/aromatic N) is 3. The third kappa shape index (κ3) is 2.83. The van der Waals surface area contributed by atoms with E-state index < -0.39 is 0 Å². The Morgan fingerprint density at radius 2 is 2.16 bits per heavy atom. The molecule has 0 saturated carbocycles. The SMILES string of the molecule is CC1C(=O)NN=C2COc3cc(Br)c([C@@H]4CCN(C)C[C@@H]4C)cc3N21. The Balaban J connectivity index is 1.76. The number of halogens is 1. The molecule has 1 amide bonds. The van der Waals surface area contributed by atoms with Gasteiger partial charge >= 0.3 is 0 Å². The molecule has 0 bridgehead atoms. The lowest BCUT2D eigenvalue weighted by Gasteiger charge is -2.40. The van der Waals surface area contributed by atoms with Crippen molar-refractivity contribution in [2.75, 3.05) is 31.6 Å². The van der Waals surface area contributed by atoms with Crippen molar-refractivity contribution in [3.8, 4) is 5.75 Å². The minimum atomic E-state index is -0.293. The van der Waals surface area contributed by atoms with E-state index in [1.807, 2.05) is 17.9 Å². The summed E-state index contributed by atoms with van der Waals surface area (Å²) < 4.78 is 6.97. The number of benzene rings is 1. The van der Waals surface area contributed by atoms with E-state index in [0.29, 0.717) is 18.4 Å². The van der Waals surface area contributed by atoms with Crippen molar-refractivity contribution in [1.29, 1.82) is 0 Å². The Labute approximate surface area is 156 Å². The van der Waals surface area contributed by atoms with Gasteiger partial charge in [0.2, 0.25) is 0 Å². The van der Waals surface area contributed by atoms with Crippen LogP contribution in [0, 0.1) is 5.92 Å². The molecule has 1 aromatic rings. The molecule has 3 heterocycles. The van der Waals surface area contributed by atoms with Crippen LogP contribution in [0.5, 0.6) is 5.75 Å². The predicted octanol–water partition coefficient (Wildman–Crippen LogP) is 2.53. The van der Waals surface area contributed by atoms with Crippen LogP contribution in [0.1, 0.15) is 31.7 Å². The summed E-state index contributed by atoms with van der Waals surface area (Å²) in [5, 5.41) is 4.17. The number of ether oxygens (including phenoxy) is 1. The number of hydrazone groups is 1. The molecule has 1 aromatic carbocycles. The number of fused-ring (bicyclic) bond motifs is 3. The summed E-state index contributed by atoms with van der Waals surface area (Å²) in [6, 6.07) is 3.94.